The van der Waals surface area contributed by atoms with Crippen LogP contribution in [0.2, 0.25) is 17.3 Å². The molecule has 0 unspecified atom stereocenters. The number of hydrogen-bond acceptors (Lipinski definition) is 4. The average molecular weight is 1120 g/mol. The van der Waals surface area contributed by atoms with Crippen molar-refractivity contribution >= 4 is 71.1 Å². The van der Waals surface area contributed by atoms with Gasteiger partial charge in [0.25, 0.3) is 0 Å². The van der Waals surface area contributed by atoms with Crippen LogP contribution in [0.4, 0.5) is 4.39 Å². The van der Waals surface area contributed by atoms with Gasteiger partial charge in [-0.05, 0) is 70.8 Å². The summed E-state index contributed by atoms with van der Waals surface area (Å²) in [5, 5.41) is 4.81. The van der Waals surface area contributed by atoms with Crippen molar-refractivity contribution < 1.29 is 24.5 Å². The van der Waals surface area contributed by atoms with E-state index in [9.17, 15) is 4.39 Å². The van der Waals surface area contributed by atoms with Gasteiger partial charge in [-0.3, -0.25) is 4.98 Å². The topological polar surface area (TPSA) is 43.6 Å². The van der Waals surface area contributed by atoms with E-state index in [1.165, 1.54) is 70.1 Å². The second-order valence-electron chi connectivity index (χ2n) is 19.1. The van der Waals surface area contributed by atoms with E-state index < -0.39 is 13.3 Å². The maximum Gasteiger partial charge on any atom is 0.114 e. The van der Waals surface area contributed by atoms with Gasteiger partial charge >= 0.3 is 130 Å². The average Bonchev–Trinajstić information content (AvgIpc) is 3.86. The van der Waals surface area contributed by atoms with E-state index in [-0.39, 0.29) is 25.9 Å². The number of imidazole rings is 1. The zero-order valence-corrected chi connectivity index (χ0v) is 44.7. The summed E-state index contributed by atoms with van der Waals surface area (Å²) in [4.78, 5) is 16.1. The number of pyridine rings is 2. The molecule has 10 rings (SSSR count). The number of aryl methyl sites for hydroxylation is 3. The number of nitrogens with zero attached hydrogens (tertiary/aromatic N) is 4. The van der Waals surface area contributed by atoms with Crippen LogP contribution in [0.5, 0.6) is 0 Å². The molecule has 335 valence electrons. The molecule has 0 saturated heterocycles. The summed E-state index contributed by atoms with van der Waals surface area (Å²) in [6.45, 7) is 15.4. The van der Waals surface area contributed by atoms with Crippen LogP contribution in [-0.2, 0) is 26.5 Å². The first-order valence-corrected chi connectivity index (χ1v) is 30.8. The second-order valence-corrected chi connectivity index (χ2v) is 30.7. The molecule has 0 saturated carbocycles. The Morgan fingerprint density at radius 3 is 2.17 bits per heavy atom. The van der Waals surface area contributed by atoms with Gasteiger partial charge in [-0.2, -0.15) is 11.3 Å². The standard InChI is InChI=1S/C40H32N3S.C18H23FGeN.Ir/c1-23(2)27-14-17-29(18-15-27)43-37-30-12-7-6-11-28(30)16-21-34(37)41-39(43)32-19-13-26(5)36-31-20-22-33(42-40(31)44-38(32)36)35-24(3)9-8-10-25(35)4;1-13(2)10-14-11-18(15-8-6-7-9-16(15)19)21-12-17(14)20(3,4)5;/h6-18,20-23H,1-5H3;6-7,9,11-13H,10H2,1-5H3;/q2*-1;. The Hall–Kier alpha value is -5.31. The number of hydrogen-bond donors (Lipinski definition) is 0. The monoisotopic (exact) mass is 1130 g/mol. The molecular formula is C58H55FGeIrN4S-2. The van der Waals surface area contributed by atoms with Crippen LogP contribution < -0.4 is 4.40 Å². The minimum absolute atomic E-state index is 0. The summed E-state index contributed by atoms with van der Waals surface area (Å²) in [6, 6.07) is 48.4. The molecule has 66 heavy (non-hydrogen) atoms. The van der Waals surface area contributed by atoms with Gasteiger partial charge in [-0.1, -0.05) is 98.5 Å². The summed E-state index contributed by atoms with van der Waals surface area (Å²) in [5.41, 5.74) is 13.9. The molecule has 0 N–H and O–H groups in total. The van der Waals surface area contributed by atoms with Crippen molar-refractivity contribution in [2.45, 2.75) is 78.1 Å². The summed E-state index contributed by atoms with van der Waals surface area (Å²) in [5.74, 6) is 8.80. The summed E-state index contributed by atoms with van der Waals surface area (Å²) < 4.78 is 18.9. The van der Waals surface area contributed by atoms with E-state index in [0.29, 0.717) is 23.1 Å². The SMILES string of the molecule is CC(C)Cc1cc(-c2[c-]cccc2F)nc[c]1[Ge]([CH3])([CH3])[CH3].Cc1cccc(C)c1-c1ccc2c(n1)sc1c(-c3nc4ccc5ccccc5c4n3-c3ccc(C(C)C)cc3)[c-]cc(C)c12.[Ir]. The molecule has 0 aliphatic rings. The largest absolute Gasteiger partial charge is 0.333 e. The number of aromatic nitrogens is 4. The minimum Gasteiger partial charge on any atom is -0.333 e. The quantitative estimate of drug-likeness (QED) is 0.112. The predicted octanol–water partition coefficient (Wildman–Crippen LogP) is 15.6. The third-order valence-corrected chi connectivity index (χ3v) is 17.9. The molecule has 10 aromatic rings. The van der Waals surface area contributed by atoms with Crippen molar-refractivity contribution in [1.82, 2.24) is 19.5 Å². The number of fused-ring (bicyclic) bond motifs is 6. The van der Waals surface area contributed by atoms with Gasteiger partial charge in [0.15, 0.2) is 0 Å². The Labute approximate surface area is 409 Å². The van der Waals surface area contributed by atoms with E-state index in [2.05, 4.69) is 191 Å². The molecule has 4 aromatic heterocycles. The van der Waals surface area contributed by atoms with Crippen LogP contribution >= 0.6 is 11.3 Å². The summed E-state index contributed by atoms with van der Waals surface area (Å²) >= 11 is -0.222. The molecule has 0 amide bonds. The van der Waals surface area contributed by atoms with Crippen molar-refractivity contribution in [2.24, 2.45) is 5.92 Å². The van der Waals surface area contributed by atoms with Crippen molar-refractivity contribution in [3.05, 3.63) is 173 Å². The number of rotatable bonds is 8. The molecular weight excluding hydrogens is 1070 g/mol. The van der Waals surface area contributed by atoms with Crippen molar-refractivity contribution in [3.63, 3.8) is 0 Å². The second kappa shape index (κ2) is 19.1. The van der Waals surface area contributed by atoms with Gasteiger partial charge in [-0.15, -0.1) is 17.7 Å². The van der Waals surface area contributed by atoms with Gasteiger partial charge in [0.1, 0.15) is 4.83 Å². The van der Waals surface area contributed by atoms with E-state index in [1.807, 2.05) is 6.20 Å². The Balaban J connectivity index is 0.000000228. The zero-order chi connectivity index (χ0) is 45.7. The van der Waals surface area contributed by atoms with Crippen LogP contribution in [0.1, 0.15) is 61.4 Å². The first-order valence-electron chi connectivity index (χ1n) is 22.7. The van der Waals surface area contributed by atoms with Crippen LogP contribution in [0.15, 0.2) is 128 Å². The molecule has 0 aliphatic carbocycles. The van der Waals surface area contributed by atoms with Gasteiger partial charge in [0.05, 0.1) is 22.6 Å². The van der Waals surface area contributed by atoms with Gasteiger partial charge in [-0.25, -0.2) is 4.98 Å². The van der Waals surface area contributed by atoms with Crippen molar-refractivity contribution in [2.75, 3.05) is 0 Å². The summed E-state index contributed by atoms with van der Waals surface area (Å²) in [6.07, 6.45) is 3.00. The third-order valence-electron chi connectivity index (χ3n) is 12.4. The molecule has 1 radical (unpaired) electrons. The number of halogens is 1. The number of thiophene rings is 1. The molecule has 0 aliphatic heterocycles. The Bertz CT molecular complexity index is 3380. The van der Waals surface area contributed by atoms with E-state index in [4.69, 9.17) is 9.97 Å². The molecule has 4 heterocycles. The van der Waals surface area contributed by atoms with Crippen LogP contribution in [0, 0.1) is 44.6 Å². The van der Waals surface area contributed by atoms with Crippen LogP contribution in [-0.4, -0.2) is 32.8 Å². The fourth-order valence-corrected chi connectivity index (χ4v) is 13.8. The van der Waals surface area contributed by atoms with Crippen molar-refractivity contribution in [3.8, 4) is 39.6 Å². The van der Waals surface area contributed by atoms with E-state index in [1.54, 1.807) is 23.5 Å². The Morgan fingerprint density at radius 2 is 1.47 bits per heavy atom. The smallest absolute Gasteiger partial charge is 0.114 e. The van der Waals surface area contributed by atoms with Gasteiger partial charge in [0.2, 0.25) is 0 Å². The zero-order valence-electron chi connectivity index (χ0n) is 39.4. The molecule has 0 fully saturated rings. The molecule has 8 heteroatoms. The van der Waals surface area contributed by atoms with E-state index >= 15 is 0 Å². The van der Waals surface area contributed by atoms with E-state index in [0.717, 1.165) is 45.1 Å². The van der Waals surface area contributed by atoms with Gasteiger partial charge in [0, 0.05) is 42.1 Å². The van der Waals surface area contributed by atoms with Crippen LogP contribution in [0.3, 0.4) is 0 Å². The van der Waals surface area contributed by atoms with Crippen LogP contribution in [0.25, 0.3) is 81.7 Å². The maximum absolute atomic E-state index is 13.9. The maximum atomic E-state index is 13.9. The van der Waals surface area contributed by atoms with Crippen molar-refractivity contribution in [1.29, 1.82) is 0 Å². The molecule has 0 bridgehead atoms. The predicted molar refractivity (Wildman–Crippen MR) is 277 cm³/mol. The fraction of sp³-hybridized carbons (Fsp3) is 0.224. The Morgan fingerprint density at radius 1 is 0.727 bits per heavy atom. The molecule has 0 atom stereocenters. The third kappa shape index (κ3) is 9.08. The van der Waals surface area contributed by atoms with Gasteiger partial charge < -0.3 is 4.57 Å². The Kier molecular flexibility index (Phi) is 13.7. The normalized spacial score (nSPS) is 11.8. The first-order chi connectivity index (χ1) is 31.2. The molecule has 6 aromatic carbocycles. The first kappa shape index (κ1) is 47.2. The minimum atomic E-state index is -1.97. The molecule has 4 nitrogen and oxygen atoms in total. The summed E-state index contributed by atoms with van der Waals surface area (Å²) in [7, 11) is 0. The molecule has 0 spiro atoms. The fourth-order valence-electron chi connectivity index (χ4n) is 9.18. The number of benzene rings is 6.